The van der Waals surface area contributed by atoms with Gasteiger partial charge in [0.05, 0.1) is 6.54 Å². The normalized spacial score (nSPS) is 14.5. The molecule has 2 N–H and O–H groups in total. The van der Waals surface area contributed by atoms with Crippen molar-refractivity contribution in [3.63, 3.8) is 0 Å². The highest BCUT2D eigenvalue weighted by Crippen LogP contribution is 2.32. The van der Waals surface area contributed by atoms with Crippen molar-refractivity contribution >= 4 is 17.5 Å². The molecular formula is C20H20N2O4. The van der Waals surface area contributed by atoms with Crippen LogP contribution >= 0.6 is 0 Å². The van der Waals surface area contributed by atoms with Crippen LogP contribution in [0.15, 0.2) is 36.4 Å². The molecule has 0 saturated carbocycles. The van der Waals surface area contributed by atoms with Gasteiger partial charge < -0.3 is 20.1 Å². The van der Waals surface area contributed by atoms with Gasteiger partial charge in [0.1, 0.15) is 0 Å². The lowest BCUT2D eigenvalue weighted by atomic mass is 9.90. The molecule has 2 aromatic carbocycles. The second kappa shape index (κ2) is 7.07. The second-order valence-corrected chi connectivity index (χ2v) is 6.45. The van der Waals surface area contributed by atoms with E-state index in [1.54, 1.807) is 18.2 Å². The summed E-state index contributed by atoms with van der Waals surface area (Å²) in [5.74, 6) is 0.595. The summed E-state index contributed by atoms with van der Waals surface area (Å²) in [5.41, 5.74) is 3.80. The SMILES string of the molecule is O=C(CNC(=O)c1ccc2c(c1)OCO2)Nc1cccc2c1CCCC2. The molecule has 1 aliphatic heterocycles. The first-order valence-electron chi connectivity index (χ1n) is 8.79. The van der Waals surface area contributed by atoms with Gasteiger partial charge in [-0.05, 0) is 61.1 Å². The minimum absolute atomic E-state index is 0.0864. The van der Waals surface area contributed by atoms with Crippen molar-refractivity contribution in [2.45, 2.75) is 25.7 Å². The zero-order valence-corrected chi connectivity index (χ0v) is 14.3. The Morgan fingerprint density at radius 3 is 2.77 bits per heavy atom. The molecule has 0 radical (unpaired) electrons. The Kier molecular flexibility index (Phi) is 4.48. The number of anilines is 1. The van der Waals surface area contributed by atoms with Crippen molar-refractivity contribution in [3.8, 4) is 11.5 Å². The molecule has 0 spiro atoms. The van der Waals surface area contributed by atoms with Gasteiger partial charge in [0.2, 0.25) is 12.7 Å². The van der Waals surface area contributed by atoms with Gasteiger partial charge in [-0.3, -0.25) is 9.59 Å². The monoisotopic (exact) mass is 352 g/mol. The highest BCUT2D eigenvalue weighted by Gasteiger charge is 2.17. The Hall–Kier alpha value is -3.02. The van der Waals surface area contributed by atoms with E-state index in [-0.39, 0.29) is 25.2 Å². The van der Waals surface area contributed by atoms with Crippen LogP contribution in [-0.4, -0.2) is 25.2 Å². The number of nitrogens with one attached hydrogen (secondary N) is 2. The number of aryl methyl sites for hydroxylation is 1. The molecule has 2 aromatic rings. The van der Waals surface area contributed by atoms with Crippen LogP contribution in [0.4, 0.5) is 5.69 Å². The minimum atomic E-state index is -0.325. The molecule has 2 amide bonds. The summed E-state index contributed by atoms with van der Waals surface area (Å²) in [4.78, 5) is 24.5. The summed E-state index contributed by atoms with van der Waals surface area (Å²) < 4.78 is 10.5. The molecule has 1 heterocycles. The van der Waals surface area contributed by atoms with Crippen LogP contribution in [0.3, 0.4) is 0 Å². The fraction of sp³-hybridized carbons (Fsp3) is 0.300. The summed E-state index contributed by atoms with van der Waals surface area (Å²) in [6.07, 6.45) is 4.37. The van der Waals surface area contributed by atoms with Crippen molar-refractivity contribution in [1.29, 1.82) is 0 Å². The molecule has 0 bridgehead atoms. The highest BCUT2D eigenvalue weighted by molar-refractivity contribution is 6.00. The predicted octanol–water partition coefficient (Wildman–Crippen LogP) is 2.66. The highest BCUT2D eigenvalue weighted by atomic mass is 16.7. The van der Waals surface area contributed by atoms with Gasteiger partial charge in [0.15, 0.2) is 11.5 Å². The first-order chi connectivity index (χ1) is 12.7. The molecule has 4 rings (SSSR count). The van der Waals surface area contributed by atoms with Crippen LogP contribution in [0.25, 0.3) is 0 Å². The molecule has 0 fully saturated rings. The van der Waals surface area contributed by atoms with E-state index in [1.807, 2.05) is 12.1 Å². The maximum Gasteiger partial charge on any atom is 0.251 e. The lowest BCUT2D eigenvalue weighted by molar-refractivity contribution is -0.115. The van der Waals surface area contributed by atoms with E-state index >= 15 is 0 Å². The zero-order chi connectivity index (χ0) is 17.9. The number of carbonyl (C=O) groups excluding carboxylic acids is 2. The third-order valence-corrected chi connectivity index (χ3v) is 4.71. The van der Waals surface area contributed by atoms with Crippen LogP contribution in [0.2, 0.25) is 0 Å². The van der Waals surface area contributed by atoms with Crippen molar-refractivity contribution < 1.29 is 19.1 Å². The summed E-state index contributed by atoms with van der Waals surface area (Å²) in [7, 11) is 0. The number of rotatable bonds is 4. The van der Waals surface area contributed by atoms with Crippen molar-refractivity contribution in [3.05, 3.63) is 53.1 Å². The van der Waals surface area contributed by atoms with Crippen LogP contribution < -0.4 is 20.1 Å². The Bertz CT molecular complexity index is 863. The quantitative estimate of drug-likeness (QED) is 0.887. The van der Waals surface area contributed by atoms with Gasteiger partial charge in [-0.15, -0.1) is 0 Å². The number of benzene rings is 2. The van der Waals surface area contributed by atoms with E-state index in [0.29, 0.717) is 17.1 Å². The first-order valence-corrected chi connectivity index (χ1v) is 8.79. The van der Waals surface area contributed by atoms with E-state index in [4.69, 9.17) is 9.47 Å². The summed E-state index contributed by atoms with van der Waals surface area (Å²) in [5, 5.41) is 5.56. The van der Waals surface area contributed by atoms with Crippen LogP contribution in [-0.2, 0) is 17.6 Å². The topological polar surface area (TPSA) is 76.7 Å². The van der Waals surface area contributed by atoms with Gasteiger partial charge >= 0.3 is 0 Å². The largest absolute Gasteiger partial charge is 0.454 e. The van der Waals surface area contributed by atoms with Crippen LogP contribution in [0.5, 0.6) is 11.5 Å². The smallest absolute Gasteiger partial charge is 0.251 e. The van der Waals surface area contributed by atoms with E-state index in [0.717, 1.165) is 24.9 Å². The molecule has 1 aliphatic carbocycles. The molecule has 0 aromatic heterocycles. The van der Waals surface area contributed by atoms with Gasteiger partial charge in [-0.2, -0.15) is 0 Å². The van der Waals surface area contributed by atoms with Crippen molar-refractivity contribution in [2.75, 3.05) is 18.7 Å². The van der Waals surface area contributed by atoms with Gasteiger partial charge in [0.25, 0.3) is 5.91 Å². The minimum Gasteiger partial charge on any atom is -0.454 e. The van der Waals surface area contributed by atoms with E-state index in [1.165, 1.54) is 17.5 Å². The Morgan fingerprint density at radius 1 is 1.00 bits per heavy atom. The predicted molar refractivity (Wildman–Crippen MR) is 96.6 cm³/mol. The average Bonchev–Trinajstić information content (AvgIpc) is 3.14. The number of carbonyl (C=O) groups is 2. The third-order valence-electron chi connectivity index (χ3n) is 4.71. The maximum atomic E-state index is 12.3. The van der Waals surface area contributed by atoms with Gasteiger partial charge in [-0.1, -0.05) is 12.1 Å². The number of hydrogen-bond acceptors (Lipinski definition) is 4. The lowest BCUT2D eigenvalue weighted by Crippen LogP contribution is -2.33. The molecule has 0 saturated heterocycles. The molecular weight excluding hydrogens is 332 g/mol. The van der Waals surface area contributed by atoms with E-state index in [9.17, 15) is 9.59 Å². The Labute approximate surface area is 151 Å². The fourth-order valence-electron chi connectivity index (χ4n) is 3.39. The molecule has 2 aliphatic rings. The molecule has 6 heteroatoms. The molecule has 134 valence electrons. The number of hydrogen-bond donors (Lipinski definition) is 2. The Balaban J connectivity index is 1.36. The zero-order valence-electron chi connectivity index (χ0n) is 14.3. The molecule has 6 nitrogen and oxygen atoms in total. The fourth-order valence-corrected chi connectivity index (χ4v) is 3.39. The molecule has 0 atom stereocenters. The van der Waals surface area contributed by atoms with E-state index in [2.05, 4.69) is 16.7 Å². The van der Waals surface area contributed by atoms with Crippen LogP contribution in [0.1, 0.15) is 34.3 Å². The number of ether oxygens (including phenoxy) is 2. The van der Waals surface area contributed by atoms with Gasteiger partial charge in [0, 0.05) is 11.3 Å². The number of amides is 2. The number of fused-ring (bicyclic) bond motifs is 2. The Morgan fingerprint density at radius 2 is 1.85 bits per heavy atom. The summed E-state index contributed by atoms with van der Waals surface area (Å²) >= 11 is 0. The summed E-state index contributed by atoms with van der Waals surface area (Å²) in [6, 6.07) is 10.9. The standard InChI is InChI=1S/C20H20N2O4/c23-19(22-16-7-3-5-13-4-1-2-6-15(13)16)11-21-20(24)14-8-9-17-18(10-14)26-12-25-17/h3,5,7-10H,1-2,4,6,11-12H2,(H,21,24)(H,22,23). The van der Waals surface area contributed by atoms with E-state index < -0.39 is 0 Å². The molecule has 26 heavy (non-hydrogen) atoms. The summed E-state index contributed by atoms with van der Waals surface area (Å²) in [6.45, 7) is 0.0706. The maximum absolute atomic E-state index is 12.3. The third kappa shape index (κ3) is 3.35. The van der Waals surface area contributed by atoms with Crippen molar-refractivity contribution in [2.24, 2.45) is 0 Å². The lowest BCUT2D eigenvalue weighted by Gasteiger charge is -2.19. The van der Waals surface area contributed by atoms with Crippen molar-refractivity contribution in [1.82, 2.24) is 5.32 Å². The average molecular weight is 352 g/mol. The van der Waals surface area contributed by atoms with Crippen LogP contribution in [0, 0.1) is 0 Å². The van der Waals surface area contributed by atoms with Gasteiger partial charge in [-0.25, -0.2) is 0 Å². The first kappa shape index (κ1) is 16.4. The molecule has 0 unspecified atom stereocenters. The second-order valence-electron chi connectivity index (χ2n) is 6.45.